The van der Waals surface area contributed by atoms with Gasteiger partial charge in [-0.25, -0.2) is 9.69 Å². The molecule has 0 saturated carbocycles. The van der Waals surface area contributed by atoms with Crippen molar-refractivity contribution in [2.75, 3.05) is 23.5 Å². The molecule has 3 aliphatic rings. The minimum absolute atomic E-state index is 0.286. The minimum atomic E-state index is -1.34. The molecule has 2 aromatic rings. The molecule has 4 amide bonds. The van der Waals surface area contributed by atoms with E-state index in [9.17, 15) is 14.4 Å². The van der Waals surface area contributed by atoms with Gasteiger partial charge >= 0.3 is 6.03 Å². The lowest BCUT2D eigenvalue weighted by molar-refractivity contribution is -0.144. The topological polar surface area (TPSA) is 79.0 Å². The van der Waals surface area contributed by atoms with Crippen LogP contribution in [0.2, 0.25) is 0 Å². The van der Waals surface area contributed by atoms with Crippen molar-refractivity contribution in [3.05, 3.63) is 54.1 Å². The summed E-state index contributed by atoms with van der Waals surface area (Å²) in [6.07, 6.45) is 4.04. The molecule has 0 aliphatic carbocycles. The number of carbonyl (C=O) groups is 3. The van der Waals surface area contributed by atoms with E-state index in [1.165, 1.54) is 0 Å². The molecular weight excluding hydrogens is 394 g/mol. The first-order valence-corrected chi connectivity index (χ1v) is 10.7. The average Bonchev–Trinajstić information content (AvgIpc) is 3.05. The van der Waals surface area contributed by atoms with E-state index in [1.54, 1.807) is 31.4 Å². The number of rotatable bonds is 2. The maximum absolute atomic E-state index is 14.0. The molecule has 31 heavy (non-hydrogen) atoms. The van der Waals surface area contributed by atoms with E-state index in [0.29, 0.717) is 11.4 Å². The fourth-order valence-corrected chi connectivity index (χ4v) is 5.34. The van der Waals surface area contributed by atoms with E-state index < -0.39 is 23.3 Å². The summed E-state index contributed by atoms with van der Waals surface area (Å²) in [7, 11) is 1.56. The van der Waals surface area contributed by atoms with Crippen LogP contribution in [0.4, 0.5) is 16.2 Å². The number of nitrogens with zero attached hydrogens (tertiary/aromatic N) is 2. The third-order valence-corrected chi connectivity index (χ3v) is 6.84. The highest BCUT2D eigenvalue weighted by Crippen LogP contribution is 2.47. The molecule has 0 radical (unpaired) electrons. The van der Waals surface area contributed by atoms with Crippen LogP contribution < -0.4 is 19.9 Å². The van der Waals surface area contributed by atoms with Crippen LogP contribution >= 0.6 is 0 Å². The van der Waals surface area contributed by atoms with Crippen LogP contribution in [0, 0.1) is 5.41 Å². The van der Waals surface area contributed by atoms with E-state index >= 15 is 0 Å². The summed E-state index contributed by atoms with van der Waals surface area (Å²) in [6, 6.07) is 13.7. The minimum Gasteiger partial charge on any atom is -0.497 e. The molecule has 0 aromatic heterocycles. The summed E-state index contributed by atoms with van der Waals surface area (Å²) in [5.41, 5.74) is 1.14. The predicted octanol–water partition coefficient (Wildman–Crippen LogP) is 3.27. The Morgan fingerprint density at radius 3 is 2.55 bits per heavy atom. The van der Waals surface area contributed by atoms with Crippen molar-refractivity contribution >= 4 is 29.2 Å². The maximum Gasteiger partial charge on any atom is 0.335 e. The fraction of sp³-hybridized carbons (Fsp3) is 0.375. The number of carbonyl (C=O) groups excluding carboxylic acids is 3. The Morgan fingerprint density at radius 1 is 1.00 bits per heavy atom. The first-order chi connectivity index (χ1) is 15.1. The molecule has 2 atom stereocenters. The third kappa shape index (κ3) is 2.91. The number of benzene rings is 2. The molecule has 2 aromatic carbocycles. The van der Waals surface area contributed by atoms with Crippen LogP contribution in [0.1, 0.15) is 31.2 Å². The van der Waals surface area contributed by atoms with Gasteiger partial charge in [0, 0.05) is 12.2 Å². The van der Waals surface area contributed by atoms with Gasteiger partial charge in [-0.3, -0.25) is 14.9 Å². The first-order valence-electron chi connectivity index (χ1n) is 10.7. The number of anilines is 2. The van der Waals surface area contributed by atoms with Gasteiger partial charge in [-0.15, -0.1) is 0 Å². The van der Waals surface area contributed by atoms with Gasteiger partial charge in [0.2, 0.25) is 5.91 Å². The van der Waals surface area contributed by atoms with Gasteiger partial charge < -0.3 is 9.64 Å². The second-order valence-electron chi connectivity index (χ2n) is 8.43. The fourth-order valence-electron chi connectivity index (χ4n) is 5.34. The van der Waals surface area contributed by atoms with Crippen molar-refractivity contribution in [2.24, 2.45) is 5.41 Å². The molecule has 3 heterocycles. The number of fused-ring (bicyclic) bond motifs is 4. The Morgan fingerprint density at radius 2 is 1.77 bits per heavy atom. The van der Waals surface area contributed by atoms with E-state index in [1.807, 2.05) is 18.2 Å². The van der Waals surface area contributed by atoms with Gasteiger partial charge in [0.25, 0.3) is 5.91 Å². The number of imide groups is 2. The Bertz CT molecular complexity index is 1050. The number of ether oxygens (including phenoxy) is 1. The normalized spacial score (nSPS) is 25.6. The zero-order chi connectivity index (χ0) is 21.6. The summed E-state index contributed by atoms with van der Waals surface area (Å²) in [4.78, 5) is 43.6. The maximum atomic E-state index is 14.0. The number of urea groups is 1. The quantitative estimate of drug-likeness (QED) is 0.756. The molecule has 7 nitrogen and oxygen atoms in total. The number of barbiturate groups is 1. The van der Waals surface area contributed by atoms with Gasteiger partial charge in [0.05, 0.1) is 18.8 Å². The van der Waals surface area contributed by atoms with Crippen LogP contribution in [0.15, 0.2) is 48.5 Å². The van der Waals surface area contributed by atoms with Crippen LogP contribution in [-0.2, 0) is 16.0 Å². The number of amides is 4. The van der Waals surface area contributed by atoms with Crippen molar-refractivity contribution in [3.8, 4) is 5.75 Å². The number of hydrogen-bond donors (Lipinski definition) is 1. The number of hydrogen-bond acceptors (Lipinski definition) is 5. The number of para-hydroxylation sites is 1. The van der Waals surface area contributed by atoms with Crippen LogP contribution in [0.25, 0.3) is 0 Å². The van der Waals surface area contributed by atoms with Gasteiger partial charge in [-0.1, -0.05) is 31.0 Å². The largest absolute Gasteiger partial charge is 0.497 e. The highest BCUT2D eigenvalue weighted by molar-refractivity contribution is 6.30. The second-order valence-corrected chi connectivity index (χ2v) is 8.43. The standard InChI is InChI=1S/C24H25N3O4/c1-31-18-12-10-17(11-13-18)27-22(29)24(21(28)25-23(27)30)15-16-7-4-5-8-19(16)26-14-6-2-3-9-20(24)26/h4-5,7-8,10-13,20H,2-3,6,9,14-15H2,1H3,(H,25,28,30)/t20-,24+/m1/s1. The van der Waals surface area contributed by atoms with E-state index in [2.05, 4.69) is 16.3 Å². The molecule has 0 bridgehead atoms. The van der Waals surface area contributed by atoms with Crippen molar-refractivity contribution in [2.45, 2.75) is 38.1 Å². The summed E-state index contributed by atoms with van der Waals surface area (Å²) in [5.74, 6) is -0.308. The van der Waals surface area contributed by atoms with Crippen molar-refractivity contribution < 1.29 is 19.1 Å². The van der Waals surface area contributed by atoms with Crippen molar-refractivity contribution in [1.29, 1.82) is 0 Å². The summed E-state index contributed by atoms with van der Waals surface area (Å²) in [6.45, 7) is 0.792. The Hall–Kier alpha value is -3.35. The summed E-state index contributed by atoms with van der Waals surface area (Å²) >= 11 is 0. The van der Waals surface area contributed by atoms with Gasteiger partial charge in [-0.2, -0.15) is 0 Å². The van der Waals surface area contributed by atoms with E-state index in [4.69, 9.17) is 4.74 Å². The zero-order valence-electron chi connectivity index (χ0n) is 17.5. The van der Waals surface area contributed by atoms with Gasteiger partial charge in [0.1, 0.15) is 5.75 Å². The van der Waals surface area contributed by atoms with E-state index in [0.717, 1.165) is 48.4 Å². The molecule has 160 valence electrons. The van der Waals surface area contributed by atoms with E-state index in [-0.39, 0.29) is 12.5 Å². The summed E-state index contributed by atoms with van der Waals surface area (Å²) in [5, 5.41) is 2.50. The summed E-state index contributed by atoms with van der Waals surface area (Å²) < 4.78 is 5.20. The number of methoxy groups -OCH3 is 1. The molecule has 2 fully saturated rings. The smallest absolute Gasteiger partial charge is 0.335 e. The Balaban J connectivity index is 1.64. The lowest BCUT2D eigenvalue weighted by atomic mass is 9.67. The van der Waals surface area contributed by atoms with Crippen molar-refractivity contribution in [3.63, 3.8) is 0 Å². The molecular formula is C24H25N3O4. The molecule has 3 aliphatic heterocycles. The van der Waals surface area contributed by atoms with Crippen molar-refractivity contribution in [1.82, 2.24) is 5.32 Å². The molecule has 2 saturated heterocycles. The zero-order valence-corrected chi connectivity index (χ0v) is 17.5. The molecule has 7 heteroatoms. The monoisotopic (exact) mass is 419 g/mol. The molecule has 0 unspecified atom stereocenters. The molecule has 1 N–H and O–H groups in total. The molecule has 5 rings (SSSR count). The highest BCUT2D eigenvalue weighted by Gasteiger charge is 2.62. The Labute approximate surface area is 181 Å². The van der Waals surface area contributed by atoms with Crippen LogP contribution in [0.3, 0.4) is 0 Å². The van der Waals surface area contributed by atoms with Gasteiger partial charge in [-0.05, 0) is 55.2 Å². The first kappa shape index (κ1) is 19.6. The third-order valence-electron chi connectivity index (χ3n) is 6.84. The average molecular weight is 419 g/mol. The molecule has 1 spiro atoms. The second kappa shape index (κ2) is 7.41. The van der Waals surface area contributed by atoms with Gasteiger partial charge in [0.15, 0.2) is 5.41 Å². The lowest BCUT2D eigenvalue weighted by Gasteiger charge is -2.51. The van der Waals surface area contributed by atoms with Crippen LogP contribution in [0.5, 0.6) is 5.75 Å². The highest BCUT2D eigenvalue weighted by atomic mass is 16.5. The van der Waals surface area contributed by atoms with Crippen LogP contribution in [-0.4, -0.2) is 37.5 Å². The number of nitrogens with one attached hydrogen (secondary N) is 1. The SMILES string of the molecule is COc1ccc(N2C(=O)NC(=O)[C@@]3(Cc4ccccc4N4CCCCC[C@@H]43)C2=O)cc1. The Kier molecular flexibility index (Phi) is 4.68. The predicted molar refractivity (Wildman–Crippen MR) is 116 cm³/mol. The lowest BCUT2D eigenvalue weighted by Crippen LogP contribution is -2.72.